The molecule has 1 heterocycles. The Morgan fingerprint density at radius 2 is 2.13 bits per heavy atom. The van der Waals surface area contributed by atoms with Crippen LogP contribution in [0.4, 0.5) is 0 Å². The van der Waals surface area contributed by atoms with E-state index in [4.69, 9.17) is 5.73 Å². The van der Waals surface area contributed by atoms with Crippen molar-refractivity contribution >= 4 is 5.78 Å². The first-order valence-corrected chi connectivity index (χ1v) is 5.33. The van der Waals surface area contributed by atoms with Gasteiger partial charge in [-0.25, -0.2) is 4.68 Å². The molecule has 5 heteroatoms. The number of Topliss-reactive ketones (excluding diaryl/α,β-unsaturated/α-hetero) is 1. The highest BCUT2D eigenvalue weighted by molar-refractivity contribution is 5.96. The van der Waals surface area contributed by atoms with E-state index in [9.17, 15) is 4.79 Å². The normalized spacial score (nSPS) is 26.5. The molecule has 0 amide bonds. The first-order valence-electron chi connectivity index (χ1n) is 5.33. The van der Waals surface area contributed by atoms with Crippen molar-refractivity contribution in [3.63, 3.8) is 0 Å². The second-order valence-corrected chi connectivity index (χ2v) is 4.22. The fraction of sp³-hybridized carbons (Fsp3) is 0.700. The molecule has 2 rings (SSSR count). The maximum absolute atomic E-state index is 12.0. The van der Waals surface area contributed by atoms with Crippen LogP contribution in [0.2, 0.25) is 0 Å². The van der Waals surface area contributed by atoms with E-state index in [2.05, 4.69) is 10.3 Å². The fourth-order valence-electron chi connectivity index (χ4n) is 2.10. The van der Waals surface area contributed by atoms with Gasteiger partial charge in [-0.2, -0.15) is 0 Å². The van der Waals surface area contributed by atoms with Gasteiger partial charge in [0, 0.05) is 19.0 Å². The summed E-state index contributed by atoms with van der Waals surface area (Å²) in [5.41, 5.74) is 6.41. The number of aromatic nitrogens is 3. The van der Waals surface area contributed by atoms with Gasteiger partial charge < -0.3 is 5.73 Å². The predicted molar refractivity (Wildman–Crippen MR) is 55.3 cm³/mol. The number of nitrogens with zero attached hydrogens (tertiary/aromatic N) is 3. The molecule has 0 aromatic carbocycles. The van der Waals surface area contributed by atoms with E-state index in [1.165, 1.54) is 10.9 Å². The smallest absolute Gasteiger partial charge is 0.185 e. The van der Waals surface area contributed by atoms with E-state index in [1.54, 1.807) is 7.05 Å². The largest absolute Gasteiger partial charge is 0.328 e. The highest BCUT2D eigenvalue weighted by atomic mass is 16.1. The average Bonchev–Trinajstić information content (AvgIpc) is 2.65. The molecular formula is C10H16N4O. The van der Waals surface area contributed by atoms with Crippen LogP contribution in [-0.2, 0) is 7.05 Å². The number of rotatable bonds is 2. The number of hydrogen-bond acceptors (Lipinski definition) is 4. The van der Waals surface area contributed by atoms with Gasteiger partial charge in [0.15, 0.2) is 5.78 Å². The highest BCUT2D eigenvalue weighted by Gasteiger charge is 2.27. The van der Waals surface area contributed by atoms with E-state index in [0.717, 1.165) is 25.7 Å². The second-order valence-electron chi connectivity index (χ2n) is 4.22. The third-order valence-corrected chi connectivity index (χ3v) is 3.11. The third-order valence-electron chi connectivity index (χ3n) is 3.11. The van der Waals surface area contributed by atoms with Crippen molar-refractivity contribution < 1.29 is 4.79 Å². The summed E-state index contributed by atoms with van der Waals surface area (Å²) in [7, 11) is 1.74. The Morgan fingerprint density at radius 1 is 1.47 bits per heavy atom. The molecule has 0 aliphatic heterocycles. The summed E-state index contributed by atoms with van der Waals surface area (Å²) in [6.07, 6.45) is 5.22. The molecule has 2 N–H and O–H groups in total. The summed E-state index contributed by atoms with van der Waals surface area (Å²) in [5.74, 6) is 0.274. The van der Waals surface area contributed by atoms with E-state index in [-0.39, 0.29) is 17.7 Å². The van der Waals surface area contributed by atoms with E-state index < -0.39 is 0 Å². The Hall–Kier alpha value is -1.23. The number of hydrogen-bond donors (Lipinski definition) is 1. The van der Waals surface area contributed by atoms with Gasteiger partial charge in [-0.15, -0.1) is 5.10 Å². The first kappa shape index (κ1) is 10.3. The lowest BCUT2D eigenvalue weighted by Crippen LogP contribution is -2.30. The molecule has 0 atom stereocenters. The van der Waals surface area contributed by atoms with E-state index in [1.807, 2.05) is 0 Å². The lowest BCUT2D eigenvalue weighted by atomic mass is 9.83. The molecule has 0 bridgehead atoms. The quantitative estimate of drug-likeness (QED) is 0.719. The molecular weight excluding hydrogens is 192 g/mol. The van der Waals surface area contributed by atoms with Crippen molar-refractivity contribution in [1.82, 2.24) is 15.0 Å². The highest BCUT2D eigenvalue weighted by Crippen LogP contribution is 2.25. The Morgan fingerprint density at radius 3 is 2.67 bits per heavy atom. The minimum atomic E-state index is 0.113. The number of aryl methyl sites for hydroxylation is 1. The zero-order valence-electron chi connectivity index (χ0n) is 8.89. The van der Waals surface area contributed by atoms with Crippen molar-refractivity contribution in [2.75, 3.05) is 0 Å². The van der Waals surface area contributed by atoms with Crippen LogP contribution in [0.3, 0.4) is 0 Å². The zero-order chi connectivity index (χ0) is 10.8. The summed E-state index contributed by atoms with van der Waals surface area (Å²) in [5, 5.41) is 7.49. The standard InChI is InChI=1S/C10H16N4O/c1-14-9(6-12-13-14)10(15)7-2-4-8(11)5-3-7/h6-8H,2-5,11H2,1H3. The Kier molecular flexibility index (Phi) is 2.81. The van der Waals surface area contributed by atoms with Crippen LogP contribution in [0.15, 0.2) is 6.20 Å². The van der Waals surface area contributed by atoms with Crippen LogP contribution in [-0.4, -0.2) is 26.8 Å². The number of carbonyl (C=O) groups excluding carboxylic acids is 1. The molecule has 0 spiro atoms. The number of nitrogens with two attached hydrogens (primary N) is 1. The summed E-state index contributed by atoms with van der Waals surface area (Å²) in [6, 6.07) is 0.277. The lowest BCUT2D eigenvalue weighted by Gasteiger charge is -2.24. The summed E-state index contributed by atoms with van der Waals surface area (Å²) in [6.45, 7) is 0. The lowest BCUT2D eigenvalue weighted by molar-refractivity contribution is 0.0875. The molecule has 5 nitrogen and oxygen atoms in total. The van der Waals surface area contributed by atoms with Gasteiger partial charge in [-0.1, -0.05) is 5.21 Å². The Bertz CT molecular complexity index is 352. The topological polar surface area (TPSA) is 73.8 Å². The molecule has 1 aliphatic rings. The van der Waals surface area contributed by atoms with Crippen LogP contribution in [0, 0.1) is 5.92 Å². The molecule has 1 aromatic heterocycles. The summed E-state index contributed by atoms with van der Waals surface area (Å²) >= 11 is 0. The van der Waals surface area contributed by atoms with Crippen molar-refractivity contribution in [1.29, 1.82) is 0 Å². The maximum atomic E-state index is 12.0. The van der Waals surface area contributed by atoms with Crippen molar-refractivity contribution in [3.05, 3.63) is 11.9 Å². The SMILES string of the molecule is Cn1nncc1C(=O)C1CCC(N)CC1. The van der Waals surface area contributed by atoms with E-state index in [0.29, 0.717) is 5.69 Å². The van der Waals surface area contributed by atoms with Crippen molar-refractivity contribution in [3.8, 4) is 0 Å². The van der Waals surface area contributed by atoms with Gasteiger partial charge in [0.1, 0.15) is 5.69 Å². The van der Waals surface area contributed by atoms with Gasteiger partial charge in [-0.05, 0) is 25.7 Å². The summed E-state index contributed by atoms with van der Waals surface area (Å²) in [4.78, 5) is 12.0. The van der Waals surface area contributed by atoms with Gasteiger partial charge in [0.05, 0.1) is 6.20 Å². The van der Waals surface area contributed by atoms with Gasteiger partial charge in [-0.3, -0.25) is 4.79 Å². The predicted octanol–water partition coefficient (Wildman–Crippen LogP) is 0.515. The number of carbonyl (C=O) groups is 1. The zero-order valence-corrected chi connectivity index (χ0v) is 8.89. The minimum Gasteiger partial charge on any atom is -0.328 e. The Balaban J connectivity index is 2.06. The minimum absolute atomic E-state index is 0.113. The van der Waals surface area contributed by atoms with Crippen LogP contribution in [0.25, 0.3) is 0 Å². The van der Waals surface area contributed by atoms with Gasteiger partial charge >= 0.3 is 0 Å². The molecule has 82 valence electrons. The van der Waals surface area contributed by atoms with Crippen molar-refractivity contribution in [2.45, 2.75) is 31.7 Å². The molecule has 15 heavy (non-hydrogen) atoms. The molecule has 0 radical (unpaired) electrons. The third kappa shape index (κ3) is 2.07. The first-order chi connectivity index (χ1) is 7.18. The monoisotopic (exact) mass is 208 g/mol. The van der Waals surface area contributed by atoms with Crippen LogP contribution >= 0.6 is 0 Å². The molecule has 0 unspecified atom stereocenters. The second kappa shape index (κ2) is 4.10. The van der Waals surface area contributed by atoms with E-state index >= 15 is 0 Å². The van der Waals surface area contributed by atoms with Gasteiger partial charge in [0.2, 0.25) is 0 Å². The van der Waals surface area contributed by atoms with Gasteiger partial charge in [0.25, 0.3) is 0 Å². The Labute approximate surface area is 88.6 Å². The van der Waals surface area contributed by atoms with Crippen LogP contribution in [0.1, 0.15) is 36.2 Å². The number of ketones is 1. The van der Waals surface area contributed by atoms with Crippen molar-refractivity contribution in [2.24, 2.45) is 18.7 Å². The average molecular weight is 208 g/mol. The van der Waals surface area contributed by atoms with Crippen LogP contribution < -0.4 is 5.73 Å². The molecule has 1 fully saturated rings. The summed E-state index contributed by atoms with van der Waals surface area (Å²) < 4.78 is 1.54. The van der Waals surface area contributed by atoms with Crippen LogP contribution in [0.5, 0.6) is 0 Å². The molecule has 1 saturated carbocycles. The fourth-order valence-corrected chi connectivity index (χ4v) is 2.10. The molecule has 0 saturated heterocycles. The molecule has 1 aromatic rings. The molecule has 1 aliphatic carbocycles. The maximum Gasteiger partial charge on any atom is 0.185 e.